The minimum Gasteiger partial charge on any atom is -0.331 e. The number of rotatable bonds is 5. The number of fused-ring (bicyclic) bond motifs is 1. The Morgan fingerprint density at radius 3 is 2.48 bits per heavy atom. The molecule has 3 aromatic heterocycles. The summed E-state index contributed by atoms with van der Waals surface area (Å²) in [7, 11) is -3.53. The van der Waals surface area contributed by atoms with Crippen molar-refractivity contribution in [2.24, 2.45) is 0 Å². The van der Waals surface area contributed by atoms with Gasteiger partial charge >= 0.3 is 0 Å². The smallest absolute Gasteiger partial charge is 0.271 e. The molecule has 9 heteroatoms. The number of nitrogens with one attached hydrogen (secondary N) is 2. The number of thiazole rings is 1. The number of nitrogens with zero attached hydrogens (tertiary/aromatic N) is 2. The molecule has 0 aliphatic carbocycles. The molecule has 4 aromatic rings. The first-order valence-corrected chi connectivity index (χ1v) is 10.4. The molecule has 0 fully saturated rings. The van der Waals surface area contributed by atoms with Crippen molar-refractivity contribution in [2.45, 2.75) is 4.21 Å². The summed E-state index contributed by atoms with van der Waals surface area (Å²) in [5.74, 6) is 0. The van der Waals surface area contributed by atoms with Crippen molar-refractivity contribution in [3.05, 3.63) is 60.1 Å². The topological polar surface area (TPSA) is 84.0 Å². The Bertz CT molecular complexity index is 1070. The predicted molar refractivity (Wildman–Crippen MR) is 102 cm³/mol. The van der Waals surface area contributed by atoms with Crippen LogP contribution in [0.1, 0.15) is 0 Å². The van der Waals surface area contributed by atoms with Gasteiger partial charge in [-0.2, -0.15) is 0 Å². The molecule has 0 aliphatic heterocycles. The van der Waals surface area contributed by atoms with Gasteiger partial charge in [0.1, 0.15) is 14.6 Å². The first-order valence-electron chi connectivity index (χ1n) is 7.25. The first kappa shape index (κ1) is 16.0. The second-order valence-corrected chi connectivity index (χ2v) is 8.92. The van der Waals surface area contributed by atoms with Gasteiger partial charge in [0.2, 0.25) is 0 Å². The van der Waals surface area contributed by atoms with E-state index in [9.17, 15) is 8.42 Å². The quantitative estimate of drug-likeness (QED) is 0.533. The van der Waals surface area contributed by atoms with E-state index in [2.05, 4.69) is 20.0 Å². The van der Waals surface area contributed by atoms with Crippen LogP contribution < -0.4 is 10.0 Å². The molecule has 0 bridgehead atoms. The van der Waals surface area contributed by atoms with E-state index in [1.54, 1.807) is 48.0 Å². The van der Waals surface area contributed by atoms with E-state index in [-0.39, 0.29) is 4.21 Å². The van der Waals surface area contributed by atoms with Crippen molar-refractivity contribution in [1.82, 2.24) is 9.97 Å². The third-order valence-electron chi connectivity index (χ3n) is 3.31. The molecule has 6 nitrogen and oxygen atoms in total. The van der Waals surface area contributed by atoms with Gasteiger partial charge in [-0.05, 0) is 47.8 Å². The number of hydrogen-bond acceptors (Lipinski definition) is 7. The maximum atomic E-state index is 12.2. The van der Waals surface area contributed by atoms with Gasteiger partial charge in [-0.15, -0.1) is 11.3 Å². The van der Waals surface area contributed by atoms with Crippen molar-refractivity contribution in [3.8, 4) is 0 Å². The molecule has 0 radical (unpaired) electrons. The maximum Gasteiger partial charge on any atom is 0.271 e. The van der Waals surface area contributed by atoms with Crippen LogP contribution in [0.2, 0.25) is 0 Å². The molecule has 126 valence electrons. The van der Waals surface area contributed by atoms with E-state index < -0.39 is 10.0 Å². The highest BCUT2D eigenvalue weighted by Gasteiger charge is 2.15. The molecule has 25 heavy (non-hydrogen) atoms. The maximum absolute atomic E-state index is 12.2. The van der Waals surface area contributed by atoms with Gasteiger partial charge in [-0.25, -0.2) is 18.4 Å². The molecule has 0 saturated carbocycles. The SMILES string of the molecule is O=S(=O)(Nc1ccc(Nc2nc3cccnc3s2)cc1)c1cccs1. The van der Waals surface area contributed by atoms with Gasteiger partial charge in [0.25, 0.3) is 10.0 Å². The highest BCUT2D eigenvalue weighted by Crippen LogP contribution is 2.27. The Hall–Kier alpha value is -2.49. The number of anilines is 3. The van der Waals surface area contributed by atoms with Crippen molar-refractivity contribution < 1.29 is 8.42 Å². The number of sulfonamides is 1. The van der Waals surface area contributed by atoms with Crippen molar-refractivity contribution >= 4 is 59.6 Å². The Balaban J connectivity index is 1.50. The van der Waals surface area contributed by atoms with Crippen LogP contribution in [0.25, 0.3) is 10.3 Å². The third-order valence-corrected chi connectivity index (χ3v) is 6.99. The summed E-state index contributed by atoms with van der Waals surface area (Å²) in [6.45, 7) is 0. The lowest BCUT2D eigenvalue weighted by molar-refractivity contribution is 0.603. The van der Waals surface area contributed by atoms with Crippen LogP contribution in [-0.4, -0.2) is 18.4 Å². The monoisotopic (exact) mass is 388 g/mol. The standard InChI is InChI=1S/C16H12N4O2S3/c21-25(22,14-4-2-10-23-14)20-12-7-5-11(6-8-12)18-16-19-13-3-1-9-17-15(13)24-16/h1-10,20H,(H,18,19). The molecular weight excluding hydrogens is 376 g/mol. The van der Waals surface area contributed by atoms with Crippen LogP contribution >= 0.6 is 22.7 Å². The molecule has 4 rings (SSSR count). The second kappa shape index (κ2) is 6.43. The van der Waals surface area contributed by atoms with Crippen LogP contribution in [0.4, 0.5) is 16.5 Å². The normalized spacial score (nSPS) is 11.5. The molecule has 0 atom stereocenters. The number of aromatic nitrogens is 2. The molecule has 0 saturated heterocycles. The van der Waals surface area contributed by atoms with Crippen LogP contribution in [0.15, 0.2) is 64.3 Å². The molecule has 0 unspecified atom stereocenters. The minimum atomic E-state index is -3.53. The van der Waals surface area contributed by atoms with Crippen LogP contribution in [-0.2, 0) is 10.0 Å². The zero-order chi connectivity index (χ0) is 17.3. The largest absolute Gasteiger partial charge is 0.331 e. The number of benzene rings is 1. The lowest BCUT2D eigenvalue weighted by atomic mass is 10.3. The van der Waals surface area contributed by atoms with Crippen LogP contribution in [0, 0.1) is 0 Å². The Labute approximate surface area is 152 Å². The van der Waals surface area contributed by atoms with E-state index in [0.29, 0.717) is 5.69 Å². The highest BCUT2D eigenvalue weighted by atomic mass is 32.2. The fourth-order valence-electron chi connectivity index (χ4n) is 2.19. The molecule has 0 aliphatic rings. The molecule has 3 heterocycles. The Kier molecular flexibility index (Phi) is 4.12. The number of hydrogen-bond donors (Lipinski definition) is 2. The fourth-order valence-corrected chi connectivity index (χ4v) is 5.07. The zero-order valence-electron chi connectivity index (χ0n) is 12.7. The summed E-state index contributed by atoms with van der Waals surface area (Å²) in [4.78, 5) is 9.59. The van der Waals surface area contributed by atoms with Gasteiger partial charge in [0.15, 0.2) is 5.13 Å². The molecule has 2 N–H and O–H groups in total. The highest BCUT2D eigenvalue weighted by molar-refractivity contribution is 7.94. The Morgan fingerprint density at radius 1 is 0.960 bits per heavy atom. The summed E-state index contributed by atoms with van der Waals surface area (Å²) in [6, 6.07) is 14.0. The van der Waals surface area contributed by atoms with Gasteiger partial charge in [0.05, 0.1) is 0 Å². The fraction of sp³-hybridized carbons (Fsp3) is 0. The van der Waals surface area contributed by atoms with E-state index in [0.717, 1.165) is 21.2 Å². The lowest BCUT2D eigenvalue weighted by Crippen LogP contribution is -2.11. The molecule has 0 spiro atoms. The molecular formula is C16H12N4O2S3. The third kappa shape index (κ3) is 3.48. The number of thiophene rings is 1. The van der Waals surface area contributed by atoms with Crippen LogP contribution in [0.3, 0.4) is 0 Å². The zero-order valence-corrected chi connectivity index (χ0v) is 15.2. The van der Waals surface area contributed by atoms with Gasteiger partial charge < -0.3 is 5.32 Å². The van der Waals surface area contributed by atoms with Gasteiger partial charge in [-0.3, -0.25) is 4.72 Å². The predicted octanol–water partition coefficient (Wildman–Crippen LogP) is 4.30. The summed E-state index contributed by atoms with van der Waals surface area (Å²) >= 11 is 2.64. The van der Waals surface area contributed by atoms with E-state index in [1.807, 2.05) is 12.1 Å². The van der Waals surface area contributed by atoms with Crippen molar-refractivity contribution in [3.63, 3.8) is 0 Å². The second-order valence-electron chi connectivity index (χ2n) is 5.09. The Morgan fingerprint density at radius 2 is 1.76 bits per heavy atom. The summed E-state index contributed by atoms with van der Waals surface area (Å²) < 4.78 is 27.3. The van der Waals surface area contributed by atoms with Crippen LogP contribution in [0.5, 0.6) is 0 Å². The minimum absolute atomic E-state index is 0.289. The number of pyridine rings is 1. The van der Waals surface area contributed by atoms with Crippen molar-refractivity contribution in [2.75, 3.05) is 10.0 Å². The van der Waals surface area contributed by atoms with E-state index in [4.69, 9.17) is 0 Å². The lowest BCUT2D eigenvalue weighted by Gasteiger charge is -2.07. The van der Waals surface area contributed by atoms with Gasteiger partial charge in [-0.1, -0.05) is 17.4 Å². The summed E-state index contributed by atoms with van der Waals surface area (Å²) in [5.41, 5.74) is 2.17. The summed E-state index contributed by atoms with van der Waals surface area (Å²) in [6.07, 6.45) is 1.73. The summed E-state index contributed by atoms with van der Waals surface area (Å²) in [5, 5.41) is 5.67. The van der Waals surface area contributed by atoms with E-state index >= 15 is 0 Å². The first-order chi connectivity index (χ1) is 12.1. The molecule has 0 amide bonds. The molecule has 1 aromatic carbocycles. The van der Waals surface area contributed by atoms with Crippen molar-refractivity contribution in [1.29, 1.82) is 0 Å². The average molecular weight is 388 g/mol. The average Bonchev–Trinajstić information content (AvgIpc) is 3.25. The van der Waals surface area contributed by atoms with E-state index in [1.165, 1.54) is 22.7 Å². The van der Waals surface area contributed by atoms with Gasteiger partial charge in [0, 0.05) is 17.6 Å².